The molecule has 0 rings (SSSR count). The van der Waals surface area contributed by atoms with Crippen LogP contribution in [-0.2, 0) is 20.2 Å². The standard InChI is InChI=1S/C10H22O6S4/c1-9(2,19(11,12)13)5-7-17-18-8-6-10(3,4)20(14,15)16/h5-8H2,1-4H3,(H,11,12,13)(H,14,15,16). The fraction of sp³-hybridized carbons (Fsp3) is 1.00. The van der Waals surface area contributed by atoms with E-state index >= 15 is 0 Å². The lowest BCUT2D eigenvalue weighted by atomic mass is 10.1. The monoisotopic (exact) mass is 366 g/mol. The average molecular weight is 367 g/mol. The van der Waals surface area contributed by atoms with Crippen molar-refractivity contribution >= 4 is 41.8 Å². The Bertz CT molecular complexity index is 458. The summed E-state index contributed by atoms with van der Waals surface area (Å²) < 4.78 is 59.9. The van der Waals surface area contributed by atoms with Crippen molar-refractivity contribution in [3.05, 3.63) is 0 Å². The van der Waals surface area contributed by atoms with Crippen molar-refractivity contribution in [1.29, 1.82) is 0 Å². The highest BCUT2D eigenvalue weighted by Gasteiger charge is 2.33. The van der Waals surface area contributed by atoms with E-state index in [1.807, 2.05) is 0 Å². The van der Waals surface area contributed by atoms with Crippen molar-refractivity contribution in [1.82, 2.24) is 0 Å². The van der Waals surface area contributed by atoms with E-state index in [9.17, 15) is 16.8 Å². The molecule has 0 aromatic carbocycles. The zero-order valence-electron chi connectivity index (χ0n) is 12.0. The van der Waals surface area contributed by atoms with Crippen molar-refractivity contribution in [2.24, 2.45) is 0 Å². The van der Waals surface area contributed by atoms with E-state index in [4.69, 9.17) is 9.11 Å². The maximum Gasteiger partial charge on any atom is 0.270 e. The number of hydrogen-bond donors (Lipinski definition) is 2. The van der Waals surface area contributed by atoms with Gasteiger partial charge in [0.05, 0.1) is 9.49 Å². The highest BCUT2D eigenvalue weighted by atomic mass is 33.1. The van der Waals surface area contributed by atoms with Gasteiger partial charge in [0.15, 0.2) is 0 Å². The van der Waals surface area contributed by atoms with Crippen LogP contribution >= 0.6 is 21.6 Å². The van der Waals surface area contributed by atoms with Gasteiger partial charge in [-0.15, -0.1) is 0 Å². The van der Waals surface area contributed by atoms with E-state index in [0.29, 0.717) is 24.3 Å². The van der Waals surface area contributed by atoms with Gasteiger partial charge in [0.1, 0.15) is 0 Å². The van der Waals surface area contributed by atoms with Gasteiger partial charge in [0.2, 0.25) is 0 Å². The zero-order chi connectivity index (χ0) is 16.2. The van der Waals surface area contributed by atoms with Crippen LogP contribution in [0, 0.1) is 0 Å². The summed E-state index contributed by atoms with van der Waals surface area (Å²) in [5.74, 6) is 1.04. The molecule has 0 radical (unpaired) electrons. The molecule has 122 valence electrons. The fourth-order valence-electron chi connectivity index (χ4n) is 0.951. The molecule has 0 fully saturated rings. The molecule has 20 heavy (non-hydrogen) atoms. The third-order valence-electron chi connectivity index (χ3n) is 3.05. The fourth-order valence-corrected chi connectivity index (χ4v) is 4.56. The van der Waals surface area contributed by atoms with Crippen molar-refractivity contribution in [2.75, 3.05) is 11.5 Å². The Kier molecular flexibility index (Phi) is 7.37. The zero-order valence-corrected chi connectivity index (χ0v) is 15.3. The molecular weight excluding hydrogens is 344 g/mol. The Labute approximate surface area is 129 Å². The maximum absolute atomic E-state index is 11.1. The lowest BCUT2D eigenvalue weighted by Crippen LogP contribution is -2.32. The molecule has 10 heteroatoms. The van der Waals surface area contributed by atoms with Crippen LogP contribution in [0.15, 0.2) is 0 Å². The highest BCUT2D eigenvalue weighted by Crippen LogP contribution is 2.30. The molecule has 0 saturated carbocycles. The van der Waals surface area contributed by atoms with E-state index in [0.717, 1.165) is 0 Å². The second-order valence-corrected chi connectivity index (χ2v) is 12.4. The predicted octanol–water partition coefficient (Wildman–Crippen LogP) is 2.48. The minimum atomic E-state index is -4.07. The molecule has 0 amide bonds. The Hall–Kier alpha value is 0.520. The van der Waals surface area contributed by atoms with Crippen molar-refractivity contribution in [2.45, 2.75) is 50.0 Å². The summed E-state index contributed by atoms with van der Waals surface area (Å²) >= 11 is 0. The average Bonchev–Trinajstić information content (AvgIpc) is 2.19. The van der Waals surface area contributed by atoms with Gasteiger partial charge in [-0.25, -0.2) is 0 Å². The Balaban J connectivity index is 4.03. The SMILES string of the molecule is CC(C)(CCSSCCC(C)(C)S(=O)(=O)O)S(=O)(=O)O. The molecule has 0 aromatic rings. The third-order valence-corrected chi connectivity index (χ3v) is 8.66. The van der Waals surface area contributed by atoms with Crippen LogP contribution in [0.25, 0.3) is 0 Å². The first kappa shape index (κ1) is 20.5. The van der Waals surface area contributed by atoms with Crippen LogP contribution in [0.3, 0.4) is 0 Å². The van der Waals surface area contributed by atoms with Crippen molar-refractivity contribution in [3.63, 3.8) is 0 Å². The van der Waals surface area contributed by atoms with Gasteiger partial charge in [-0.3, -0.25) is 9.11 Å². The Morgan fingerprint density at radius 1 is 0.750 bits per heavy atom. The quantitative estimate of drug-likeness (QED) is 0.364. The van der Waals surface area contributed by atoms with E-state index < -0.39 is 29.7 Å². The van der Waals surface area contributed by atoms with Gasteiger partial charge in [0, 0.05) is 11.5 Å². The van der Waals surface area contributed by atoms with Crippen LogP contribution in [-0.4, -0.2) is 46.9 Å². The second-order valence-electron chi connectivity index (χ2n) is 5.61. The topological polar surface area (TPSA) is 109 Å². The van der Waals surface area contributed by atoms with Gasteiger partial charge in [-0.1, -0.05) is 21.6 Å². The predicted molar refractivity (Wildman–Crippen MR) is 85.4 cm³/mol. The second kappa shape index (κ2) is 7.19. The van der Waals surface area contributed by atoms with Crippen LogP contribution in [0.1, 0.15) is 40.5 Å². The van der Waals surface area contributed by atoms with Gasteiger partial charge >= 0.3 is 0 Å². The molecule has 0 aliphatic carbocycles. The van der Waals surface area contributed by atoms with Crippen molar-refractivity contribution < 1.29 is 25.9 Å². The van der Waals surface area contributed by atoms with E-state index in [1.54, 1.807) is 0 Å². The molecule has 0 atom stereocenters. The summed E-state index contributed by atoms with van der Waals surface area (Å²) in [7, 11) is -5.32. The third kappa shape index (κ3) is 6.52. The smallest absolute Gasteiger partial charge is 0.270 e. The molecule has 6 nitrogen and oxygen atoms in total. The molecule has 2 N–H and O–H groups in total. The minimum absolute atomic E-state index is 0.297. The van der Waals surface area contributed by atoms with Gasteiger partial charge < -0.3 is 0 Å². The molecule has 0 spiro atoms. The molecule has 0 unspecified atom stereocenters. The van der Waals surface area contributed by atoms with Crippen LogP contribution in [0.2, 0.25) is 0 Å². The van der Waals surface area contributed by atoms with E-state index in [1.165, 1.54) is 49.3 Å². The first-order chi connectivity index (χ1) is 8.71. The molecule has 0 aliphatic rings. The van der Waals surface area contributed by atoms with Crippen LogP contribution in [0.5, 0.6) is 0 Å². The lowest BCUT2D eigenvalue weighted by molar-refractivity contribution is 0.436. The molecule has 0 saturated heterocycles. The number of rotatable bonds is 9. The largest absolute Gasteiger partial charge is 0.285 e. The summed E-state index contributed by atoms with van der Waals surface area (Å²) in [6, 6.07) is 0. The summed E-state index contributed by atoms with van der Waals surface area (Å²) in [6.45, 7) is 5.81. The molecule has 0 heterocycles. The summed E-state index contributed by atoms with van der Waals surface area (Å²) in [6.07, 6.45) is 0.594. The number of hydrogen-bond acceptors (Lipinski definition) is 6. The van der Waals surface area contributed by atoms with Crippen LogP contribution < -0.4 is 0 Å². The van der Waals surface area contributed by atoms with Gasteiger partial charge in [-0.2, -0.15) is 16.8 Å². The normalized spacial score (nSPS) is 14.5. The minimum Gasteiger partial charge on any atom is -0.285 e. The lowest BCUT2D eigenvalue weighted by Gasteiger charge is -2.21. The van der Waals surface area contributed by atoms with Crippen LogP contribution in [0.4, 0.5) is 0 Å². The Morgan fingerprint density at radius 3 is 1.20 bits per heavy atom. The highest BCUT2D eigenvalue weighted by molar-refractivity contribution is 8.76. The Morgan fingerprint density at radius 2 is 1.00 bits per heavy atom. The van der Waals surface area contributed by atoms with Gasteiger partial charge in [-0.05, 0) is 40.5 Å². The summed E-state index contributed by atoms with van der Waals surface area (Å²) in [4.78, 5) is 0. The van der Waals surface area contributed by atoms with Gasteiger partial charge in [0.25, 0.3) is 20.2 Å². The van der Waals surface area contributed by atoms with Crippen molar-refractivity contribution in [3.8, 4) is 0 Å². The summed E-state index contributed by atoms with van der Waals surface area (Å²) in [5.41, 5.74) is 0. The molecule has 0 bridgehead atoms. The molecule has 0 aromatic heterocycles. The van der Waals surface area contributed by atoms with E-state index in [2.05, 4.69) is 0 Å². The first-order valence-electron chi connectivity index (χ1n) is 5.89. The maximum atomic E-state index is 11.1. The first-order valence-corrected chi connectivity index (χ1v) is 11.3. The summed E-state index contributed by atoms with van der Waals surface area (Å²) in [5, 5.41) is 0. The van der Waals surface area contributed by atoms with E-state index in [-0.39, 0.29) is 0 Å². The molecular formula is C10H22O6S4. The molecule has 0 aliphatic heterocycles.